The van der Waals surface area contributed by atoms with Gasteiger partial charge in [0.05, 0.1) is 17.1 Å². The summed E-state index contributed by atoms with van der Waals surface area (Å²) in [6.07, 6.45) is 3.56. The summed E-state index contributed by atoms with van der Waals surface area (Å²) < 4.78 is 5.70. The zero-order valence-corrected chi connectivity index (χ0v) is 12.8. The molecule has 114 valence electrons. The van der Waals surface area contributed by atoms with Crippen LogP contribution in [0.5, 0.6) is 0 Å². The summed E-state index contributed by atoms with van der Waals surface area (Å²) in [6, 6.07) is 6.63. The summed E-state index contributed by atoms with van der Waals surface area (Å²) in [5.74, 6) is 2.07. The van der Waals surface area contributed by atoms with Gasteiger partial charge in [-0.05, 0) is 44.4 Å². The van der Waals surface area contributed by atoms with Gasteiger partial charge in [-0.25, -0.2) is 4.98 Å². The molecule has 1 aromatic carbocycles. The van der Waals surface area contributed by atoms with Crippen LogP contribution >= 0.6 is 0 Å². The quantitative estimate of drug-likeness (QED) is 0.767. The number of anilines is 1. The highest BCUT2D eigenvalue weighted by Crippen LogP contribution is 2.36. The summed E-state index contributed by atoms with van der Waals surface area (Å²) in [4.78, 5) is 7.96. The number of imidazole rings is 1. The average molecular weight is 297 g/mol. The molecule has 6 heteroatoms. The Morgan fingerprint density at radius 1 is 1.32 bits per heavy atom. The van der Waals surface area contributed by atoms with E-state index in [-0.39, 0.29) is 6.04 Å². The zero-order chi connectivity index (χ0) is 15.1. The second-order valence-corrected chi connectivity index (χ2v) is 6.08. The van der Waals surface area contributed by atoms with Crippen LogP contribution in [0, 0.1) is 6.92 Å². The van der Waals surface area contributed by atoms with Crippen LogP contribution in [0.15, 0.2) is 22.6 Å². The molecule has 0 aliphatic heterocycles. The first-order valence-electron chi connectivity index (χ1n) is 7.75. The van der Waals surface area contributed by atoms with Gasteiger partial charge >= 0.3 is 6.01 Å². The monoisotopic (exact) mass is 297 g/mol. The number of nitrogens with zero attached hydrogens (tertiary/aromatic N) is 3. The van der Waals surface area contributed by atoms with Crippen molar-refractivity contribution in [1.29, 1.82) is 0 Å². The van der Waals surface area contributed by atoms with E-state index in [9.17, 15) is 0 Å². The van der Waals surface area contributed by atoms with Gasteiger partial charge in [-0.2, -0.15) is 0 Å². The number of aromatic amines is 1. The largest absolute Gasteiger partial charge is 0.408 e. The fraction of sp³-hybridized carbons (Fsp3) is 0.438. The molecule has 0 bridgehead atoms. The van der Waals surface area contributed by atoms with Crippen LogP contribution in [0.2, 0.25) is 0 Å². The SMILES string of the molecule is Cc1ccc2nc([C@@H](C)Nc3nnc(C4CCC4)o3)[nH]c2c1. The number of nitrogens with one attached hydrogen (secondary N) is 2. The molecule has 2 aromatic heterocycles. The molecule has 0 amide bonds. The highest BCUT2D eigenvalue weighted by atomic mass is 16.4. The topological polar surface area (TPSA) is 79.6 Å². The third-order valence-electron chi connectivity index (χ3n) is 4.30. The van der Waals surface area contributed by atoms with E-state index in [2.05, 4.69) is 44.5 Å². The van der Waals surface area contributed by atoms with Gasteiger partial charge in [-0.15, -0.1) is 5.10 Å². The van der Waals surface area contributed by atoms with Crippen LogP contribution in [0.1, 0.15) is 55.4 Å². The molecule has 3 aromatic rings. The van der Waals surface area contributed by atoms with E-state index in [0.717, 1.165) is 35.6 Å². The molecule has 1 fully saturated rings. The molecule has 4 rings (SSSR count). The number of hydrogen-bond donors (Lipinski definition) is 2. The minimum absolute atomic E-state index is 0.0256. The van der Waals surface area contributed by atoms with Crippen molar-refractivity contribution >= 4 is 17.0 Å². The molecule has 0 radical (unpaired) electrons. The van der Waals surface area contributed by atoms with Gasteiger partial charge in [-0.3, -0.25) is 0 Å². The lowest BCUT2D eigenvalue weighted by Crippen LogP contribution is -2.09. The summed E-state index contributed by atoms with van der Waals surface area (Å²) in [6.45, 7) is 4.10. The van der Waals surface area contributed by atoms with Crippen molar-refractivity contribution in [2.75, 3.05) is 5.32 Å². The first kappa shape index (κ1) is 13.3. The van der Waals surface area contributed by atoms with Crippen molar-refractivity contribution in [3.8, 4) is 0 Å². The van der Waals surface area contributed by atoms with Gasteiger partial charge in [-0.1, -0.05) is 17.6 Å². The van der Waals surface area contributed by atoms with Crippen LogP contribution in [-0.2, 0) is 0 Å². The minimum Gasteiger partial charge on any atom is -0.408 e. The van der Waals surface area contributed by atoms with Crippen LogP contribution in [-0.4, -0.2) is 20.2 Å². The molecule has 1 aliphatic rings. The molecule has 0 unspecified atom stereocenters. The van der Waals surface area contributed by atoms with Crippen molar-refractivity contribution in [3.63, 3.8) is 0 Å². The Hall–Kier alpha value is -2.37. The fourth-order valence-corrected chi connectivity index (χ4v) is 2.71. The molecule has 22 heavy (non-hydrogen) atoms. The van der Waals surface area contributed by atoms with E-state index in [1.54, 1.807) is 0 Å². The molecule has 2 heterocycles. The van der Waals surface area contributed by atoms with Crippen molar-refractivity contribution in [2.45, 2.75) is 45.1 Å². The first-order valence-corrected chi connectivity index (χ1v) is 7.75. The molecule has 1 saturated carbocycles. The normalized spacial score (nSPS) is 16.6. The molecular formula is C16H19N5O. The standard InChI is InChI=1S/C16H19N5O/c1-9-6-7-12-13(8-9)19-14(18-12)10(2)17-16-21-20-15(22-16)11-4-3-5-11/h6-8,10-11H,3-5H2,1-2H3,(H,17,21)(H,18,19)/t10-/m1/s1. The molecule has 1 atom stereocenters. The Morgan fingerprint density at radius 2 is 2.18 bits per heavy atom. The van der Waals surface area contributed by atoms with Gasteiger partial charge < -0.3 is 14.7 Å². The second kappa shape index (κ2) is 5.12. The van der Waals surface area contributed by atoms with E-state index in [4.69, 9.17) is 4.42 Å². The van der Waals surface area contributed by atoms with Crippen molar-refractivity contribution < 1.29 is 4.42 Å². The smallest absolute Gasteiger partial charge is 0.316 e. The summed E-state index contributed by atoms with van der Waals surface area (Å²) in [7, 11) is 0. The number of aromatic nitrogens is 4. The third-order valence-corrected chi connectivity index (χ3v) is 4.30. The number of hydrogen-bond acceptors (Lipinski definition) is 5. The van der Waals surface area contributed by atoms with Crippen molar-refractivity contribution in [2.24, 2.45) is 0 Å². The van der Waals surface area contributed by atoms with Gasteiger partial charge in [0.2, 0.25) is 5.89 Å². The van der Waals surface area contributed by atoms with Gasteiger partial charge in [0, 0.05) is 5.92 Å². The van der Waals surface area contributed by atoms with E-state index in [1.807, 2.05) is 13.0 Å². The van der Waals surface area contributed by atoms with E-state index in [0.29, 0.717) is 11.9 Å². The molecule has 0 spiro atoms. The minimum atomic E-state index is -0.0256. The van der Waals surface area contributed by atoms with Gasteiger partial charge in [0.15, 0.2) is 0 Å². The number of fused-ring (bicyclic) bond motifs is 1. The number of H-pyrrole nitrogens is 1. The second-order valence-electron chi connectivity index (χ2n) is 6.08. The maximum absolute atomic E-state index is 5.70. The maximum atomic E-state index is 5.70. The van der Waals surface area contributed by atoms with Crippen LogP contribution < -0.4 is 5.32 Å². The number of rotatable bonds is 4. The van der Waals surface area contributed by atoms with Gasteiger partial charge in [0.1, 0.15) is 5.82 Å². The molecule has 2 N–H and O–H groups in total. The molecule has 1 aliphatic carbocycles. The maximum Gasteiger partial charge on any atom is 0.316 e. The zero-order valence-electron chi connectivity index (χ0n) is 12.8. The predicted octanol–water partition coefficient (Wildman–Crippen LogP) is 3.69. The van der Waals surface area contributed by atoms with Crippen molar-refractivity contribution in [3.05, 3.63) is 35.5 Å². The summed E-state index contributed by atoms with van der Waals surface area (Å²) >= 11 is 0. The van der Waals surface area contributed by atoms with E-state index in [1.165, 1.54) is 12.0 Å². The lowest BCUT2D eigenvalue weighted by atomic mass is 9.85. The molecule has 6 nitrogen and oxygen atoms in total. The first-order chi connectivity index (χ1) is 10.7. The Kier molecular flexibility index (Phi) is 3.10. The van der Waals surface area contributed by atoms with E-state index >= 15 is 0 Å². The van der Waals surface area contributed by atoms with Crippen molar-refractivity contribution in [1.82, 2.24) is 20.2 Å². The summed E-state index contributed by atoms with van der Waals surface area (Å²) in [5.41, 5.74) is 3.23. The number of aryl methyl sites for hydroxylation is 1. The Bertz CT molecular complexity index is 802. The average Bonchev–Trinajstić information content (AvgIpc) is 3.03. The fourth-order valence-electron chi connectivity index (χ4n) is 2.71. The lowest BCUT2D eigenvalue weighted by Gasteiger charge is -2.20. The Morgan fingerprint density at radius 3 is 2.95 bits per heavy atom. The summed E-state index contributed by atoms with van der Waals surface area (Å²) in [5, 5.41) is 11.4. The van der Waals surface area contributed by atoms with Crippen LogP contribution in [0.25, 0.3) is 11.0 Å². The van der Waals surface area contributed by atoms with E-state index < -0.39 is 0 Å². The highest BCUT2D eigenvalue weighted by molar-refractivity contribution is 5.75. The van der Waals surface area contributed by atoms with Crippen LogP contribution in [0.4, 0.5) is 6.01 Å². The van der Waals surface area contributed by atoms with Gasteiger partial charge in [0.25, 0.3) is 0 Å². The van der Waals surface area contributed by atoms with Crippen LogP contribution in [0.3, 0.4) is 0 Å². The predicted molar refractivity (Wildman–Crippen MR) is 83.8 cm³/mol. The molecule has 0 saturated heterocycles. The lowest BCUT2D eigenvalue weighted by molar-refractivity contribution is 0.338. The number of benzene rings is 1. The molecular weight excluding hydrogens is 278 g/mol. The third kappa shape index (κ3) is 2.34. The Labute approximate surface area is 128 Å². The Balaban J connectivity index is 1.52. The highest BCUT2D eigenvalue weighted by Gasteiger charge is 2.25.